The molecule has 0 saturated carbocycles. The van der Waals surface area contributed by atoms with Gasteiger partial charge >= 0.3 is 5.97 Å². The number of nitrogens with zero attached hydrogens (tertiary/aromatic N) is 1. The van der Waals surface area contributed by atoms with E-state index in [0.717, 1.165) is 11.0 Å². The lowest BCUT2D eigenvalue weighted by molar-refractivity contribution is -0.138. The van der Waals surface area contributed by atoms with Gasteiger partial charge in [-0.15, -0.1) is 0 Å². The Morgan fingerprint density at radius 3 is 2.50 bits per heavy atom. The minimum Gasteiger partial charge on any atom is -0.480 e. The zero-order chi connectivity index (χ0) is 13.9. The molecule has 1 aromatic rings. The number of rotatable bonds is 4. The zero-order valence-electron chi connectivity index (χ0n) is 9.98. The summed E-state index contributed by atoms with van der Waals surface area (Å²) in [5.41, 5.74) is 0.0758. The fourth-order valence-corrected chi connectivity index (χ4v) is 1.55. The van der Waals surface area contributed by atoms with Gasteiger partial charge in [-0.25, -0.2) is 4.39 Å². The Balaban J connectivity index is 3.02. The van der Waals surface area contributed by atoms with Gasteiger partial charge in [0.2, 0.25) is 0 Å². The van der Waals surface area contributed by atoms with E-state index in [1.54, 1.807) is 13.8 Å². The molecule has 0 spiro atoms. The Morgan fingerprint density at radius 2 is 2.06 bits per heavy atom. The van der Waals surface area contributed by atoms with Crippen molar-refractivity contribution in [1.82, 2.24) is 4.90 Å². The van der Waals surface area contributed by atoms with Crippen LogP contribution in [-0.2, 0) is 4.79 Å². The van der Waals surface area contributed by atoms with Crippen LogP contribution in [0.25, 0.3) is 0 Å². The number of carbonyl (C=O) groups excluding carboxylic acids is 1. The van der Waals surface area contributed by atoms with Gasteiger partial charge in [0.15, 0.2) is 0 Å². The quantitative estimate of drug-likeness (QED) is 0.916. The summed E-state index contributed by atoms with van der Waals surface area (Å²) in [6, 6.07) is 3.34. The molecular weight excluding hydrogens is 261 g/mol. The van der Waals surface area contributed by atoms with Crippen molar-refractivity contribution in [3.05, 3.63) is 34.6 Å². The molecule has 0 atom stereocenters. The number of hydrogen-bond donors (Lipinski definition) is 1. The summed E-state index contributed by atoms with van der Waals surface area (Å²) in [5, 5.41) is 8.66. The number of carboxylic acids is 1. The van der Waals surface area contributed by atoms with Gasteiger partial charge in [-0.2, -0.15) is 0 Å². The van der Waals surface area contributed by atoms with Crippen LogP contribution < -0.4 is 0 Å². The molecule has 0 bridgehead atoms. The summed E-state index contributed by atoms with van der Waals surface area (Å²) in [7, 11) is 0. The second kappa shape index (κ2) is 5.82. The van der Waals surface area contributed by atoms with E-state index >= 15 is 0 Å². The molecule has 0 heterocycles. The predicted octanol–water partition coefficient (Wildman–Crippen LogP) is 2.41. The maximum absolute atomic E-state index is 13.2. The second-order valence-corrected chi connectivity index (χ2v) is 4.46. The first kappa shape index (κ1) is 14.4. The highest BCUT2D eigenvalue weighted by Gasteiger charge is 2.21. The first-order chi connectivity index (χ1) is 8.32. The van der Waals surface area contributed by atoms with E-state index in [1.165, 1.54) is 12.1 Å². The summed E-state index contributed by atoms with van der Waals surface area (Å²) in [5.74, 6) is -2.36. The third-order valence-electron chi connectivity index (χ3n) is 2.36. The number of aliphatic carboxylic acids is 1. The van der Waals surface area contributed by atoms with Gasteiger partial charge in [0.25, 0.3) is 5.91 Å². The maximum Gasteiger partial charge on any atom is 0.323 e. The van der Waals surface area contributed by atoms with E-state index in [1.807, 2.05) is 0 Å². The van der Waals surface area contributed by atoms with Crippen LogP contribution >= 0.6 is 11.6 Å². The van der Waals surface area contributed by atoms with Crippen molar-refractivity contribution in [1.29, 1.82) is 0 Å². The standard InChI is InChI=1S/C12H13ClFNO3/c1-7(2)15(6-11(16)17)12(18)8-3-4-9(13)10(14)5-8/h3-5,7H,6H2,1-2H3,(H,16,17). The van der Waals surface area contributed by atoms with Crippen LogP contribution in [0.15, 0.2) is 18.2 Å². The summed E-state index contributed by atoms with van der Waals surface area (Å²) < 4.78 is 13.2. The number of carboxylic acid groups (broad SMARTS) is 1. The molecule has 0 fully saturated rings. The average Bonchev–Trinajstić information content (AvgIpc) is 2.28. The third kappa shape index (κ3) is 3.43. The maximum atomic E-state index is 13.2. The fourth-order valence-electron chi connectivity index (χ4n) is 1.43. The van der Waals surface area contributed by atoms with E-state index in [-0.39, 0.29) is 16.6 Å². The van der Waals surface area contributed by atoms with Gasteiger partial charge < -0.3 is 10.0 Å². The van der Waals surface area contributed by atoms with E-state index in [9.17, 15) is 14.0 Å². The highest BCUT2D eigenvalue weighted by atomic mass is 35.5. The summed E-state index contributed by atoms with van der Waals surface area (Å²) >= 11 is 5.52. The smallest absolute Gasteiger partial charge is 0.323 e. The highest BCUT2D eigenvalue weighted by molar-refractivity contribution is 6.30. The van der Waals surface area contributed by atoms with E-state index in [0.29, 0.717) is 0 Å². The number of benzene rings is 1. The van der Waals surface area contributed by atoms with Crippen molar-refractivity contribution in [3.8, 4) is 0 Å². The molecule has 1 N–H and O–H groups in total. The topological polar surface area (TPSA) is 57.6 Å². The monoisotopic (exact) mass is 273 g/mol. The van der Waals surface area contributed by atoms with Crippen LogP contribution in [0.2, 0.25) is 5.02 Å². The van der Waals surface area contributed by atoms with Gasteiger partial charge in [0.05, 0.1) is 5.02 Å². The van der Waals surface area contributed by atoms with Gasteiger partial charge in [0, 0.05) is 11.6 Å². The molecule has 6 heteroatoms. The largest absolute Gasteiger partial charge is 0.480 e. The summed E-state index contributed by atoms with van der Waals surface area (Å²) in [6.45, 7) is 2.95. The van der Waals surface area contributed by atoms with Crippen molar-refractivity contribution >= 4 is 23.5 Å². The van der Waals surface area contributed by atoms with Crippen molar-refractivity contribution in [2.24, 2.45) is 0 Å². The number of carbonyl (C=O) groups is 2. The number of halogens is 2. The van der Waals surface area contributed by atoms with Crippen molar-refractivity contribution in [2.75, 3.05) is 6.54 Å². The number of amides is 1. The van der Waals surface area contributed by atoms with Gasteiger partial charge in [0.1, 0.15) is 12.4 Å². The molecule has 1 amide bonds. The van der Waals surface area contributed by atoms with E-state index in [4.69, 9.17) is 16.7 Å². The molecule has 0 aromatic heterocycles. The van der Waals surface area contributed by atoms with Crippen molar-refractivity contribution < 1.29 is 19.1 Å². The van der Waals surface area contributed by atoms with Crippen LogP contribution in [0.4, 0.5) is 4.39 Å². The summed E-state index contributed by atoms with van der Waals surface area (Å²) in [4.78, 5) is 23.9. The normalized spacial score (nSPS) is 10.5. The molecule has 0 saturated heterocycles. The third-order valence-corrected chi connectivity index (χ3v) is 2.66. The lowest BCUT2D eigenvalue weighted by Gasteiger charge is -2.24. The average molecular weight is 274 g/mol. The molecule has 0 radical (unpaired) electrons. The Labute approximate surface area is 109 Å². The van der Waals surface area contributed by atoms with Crippen LogP contribution in [0.3, 0.4) is 0 Å². The Morgan fingerprint density at radius 1 is 1.44 bits per heavy atom. The molecule has 0 aliphatic carbocycles. The fraction of sp³-hybridized carbons (Fsp3) is 0.333. The summed E-state index contributed by atoms with van der Waals surface area (Å²) in [6.07, 6.45) is 0. The van der Waals surface area contributed by atoms with Crippen molar-refractivity contribution in [2.45, 2.75) is 19.9 Å². The Hall–Kier alpha value is -1.62. The van der Waals surface area contributed by atoms with Crippen LogP contribution in [0.1, 0.15) is 24.2 Å². The van der Waals surface area contributed by atoms with Gasteiger partial charge in [-0.05, 0) is 32.0 Å². The SMILES string of the molecule is CC(C)N(CC(=O)O)C(=O)c1ccc(Cl)c(F)c1. The van der Waals surface area contributed by atoms with E-state index in [2.05, 4.69) is 0 Å². The lowest BCUT2D eigenvalue weighted by atomic mass is 10.1. The zero-order valence-corrected chi connectivity index (χ0v) is 10.7. The molecular formula is C12H13ClFNO3. The molecule has 0 aliphatic rings. The van der Waals surface area contributed by atoms with Crippen LogP contribution in [-0.4, -0.2) is 34.5 Å². The van der Waals surface area contributed by atoms with Crippen LogP contribution in [0, 0.1) is 5.82 Å². The van der Waals surface area contributed by atoms with Gasteiger partial charge in [-0.3, -0.25) is 9.59 Å². The minimum atomic E-state index is -1.12. The molecule has 1 rings (SSSR count). The van der Waals surface area contributed by atoms with Crippen molar-refractivity contribution in [3.63, 3.8) is 0 Å². The first-order valence-electron chi connectivity index (χ1n) is 5.30. The predicted molar refractivity (Wildman–Crippen MR) is 65.2 cm³/mol. The first-order valence-corrected chi connectivity index (χ1v) is 5.68. The Bertz CT molecular complexity index is 476. The molecule has 18 heavy (non-hydrogen) atoms. The Kier molecular flexibility index (Phi) is 4.67. The number of hydrogen-bond acceptors (Lipinski definition) is 2. The highest BCUT2D eigenvalue weighted by Crippen LogP contribution is 2.17. The van der Waals surface area contributed by atoms with Gasteiger partial charge in [-0.1, -0.05) is 11.6 Å². The van der Waals surface area contributed by atoms with Crippen LogP contribution in [0.5, 0.6) is 0 Å². The molecule has 0 unspecified atom stereocenters. The molecule has 1 aromatic carbocycles. The lowest BCUT2D eigenvalue weighted by Crippen LogP contribution is -2.40. The minimum absolute atomic E-state index is 0.0758. The van der Waals surface area contributed by atoms with E-state index < -0.39 is 24.2 Å². The molecule has 98 valence electrons. The molecule has 4 nitrogen and oxygen atoms in total. The second-order valence-electron chi connectivity index (χ2n) is 4.05. The molecule has 0 aliphatic heterocycles.